The Kier molecular flexibility index (Phi) is 7.01. The van der Waals surface area contributed by atoms with Gasteiger partial charge in [0.2, 0.25) is 5.75 Å². The van der Waals surface area contributed by atoms with Gasteiger partial charge in [0, 0.05) is 25.2 Å². The molecule has 0 bridgehead atoms. The number of nitrogens with zero attached hydrogens (tertiary/aromatic N) is 5. The number of carbonyl (C=O) groups excluding carboxylic acids is 1. The normalized spacial score (nSPS) is 18.1. The van der Waals surface area contributed by atoms with E-state index in [-0.39, 0.29) is 18.1 Å². The molecule has 3 aromatic rings. The number of nitrogens with one attached hydrogen (secondary N) is 1. The number of methoxy groups -OCH3 is 3. The first-order valence-electron chi connectivity index (χ1n) is 11.1. The van der Waals surface area contributed by atoms with Crippen molar-refractivity contribution in [2.24, 2.45) is 0 Å². The van der Waals surface area contributed by atoms with Crippen molar-refractivity contribution in [3.05, 3.63) is 30.2 Å². The van der Waals surface area contributed by atoms with Crippen LogP contribution in [0.5, 0.6) is 17.2 Å². The van der Waals surface area contributed by atoms with E-state index in [1.54, 1.807) is 29.3 Å². The molecule has 2 atom stereocenters. The van der Waals surface area contributed by atoms with Crippen molar-refractivity contribution in [2.75, 3.05) is 45.9 Å². The quantitative estimate of drug-likeness (QED) is 0.527. The minimum atomic E-state index is -0.262. The third kappa shape index (κ3) is 4.69. The number of ether oxygens (including phenoxy) is 4. The zero-order valence-electron chi connectivity index (χ0n) is 20.1. The summed E-state index contributed by atoms with van der Waals surface area (Å²) < 4.78 is 23.6. The second kappa shape index (κ2) is 10.1. The molecule has 1 saturated heterocycles. The van der Waals surface area contributed by atoms with Crippen LogP contribution in [0, 0.1) is 0 Å². The molecule has 0 spiro atoms. The molecule has 1 aromatic carbocycles. The number of amides is 1. The largest absolute Gasteiger partial charge is 0.493 e. The van der Waals surface area contributed by atoms with Crippen LogP contribution in [-0.2, 0) is 11.3 Å². The van der Waals surface area contributed by atoms with Crippen molar-refractivity contribution in [2.45, 2.75) is 32.6 Å². The van der Waals surface area contributed by atoms with Gasteiger partial charge in [0.05, 0.1) is 51.7 Å². The summed E-state index contributed by atoms with van der Waals surface area (Å²) in [6.07, 6.45) is 3.56. The van der Waals surface area contributed by atoms with Gasteiger partial charge < -0.3 is 29.2 Å². The van der Waals surface area contributed by atoms with Gasteiger partial charge in [-0.15, -0.1) is 0 Å². The van der Waals surface area contributed by atoms with Crippen molar-refractivity contribution in [3.8, 4) is 17.2 Å². The summed E-state index contributed by atoms with van der Waals surface area (Å²) >= 11 is 0. The summed E-state index contributed by atoms with van der Waals surface area (Å²) in [5.41, 5.74) is 1.12. The van der Waals surface area contributed by atoms with E-state index in [0.717, 1.165) is 29.9 Å². The van der Waals surface area contributed by atoms with Crippen molar-refractivity contribution < 1.29 is 23.7 Å². The van der Waals surface area contributed by atoms with Crippen LogP contribution in [0.4, 0.5) is 5.82 Å². The summed E-state index contributed by atoms with van der Waals surface area (Å²) in [6.45, 7) is 6.44. The standard InChI is InChI=1S/C23H30N6O5/c1-14-11-28(12-15(2)34-14)21-17-10-27-29(22(17)26-13-25-21)7-6-24-23(30)16-8-18(31-3)20(33-5)19(9-16)32-4/h8-10,13-15H,6-7,11-12H2,1-5H3,(H,24,30)/t14-,15+. The topological polar surface area (TPSA) is 113 Å². The van der Waals surface area contributed by atoms with E-state index in [0.29, 0.717) is 35.9 Å². The molecule has 0 aliphatic carbocycles. The smallest absolute Gasteiger partial charge is 0.251 e. The third-order valence-corrected chi connectivity index (χ3v) is 5.67. The molecule has 1 fully saturated rings. The summed E-state index contributed by atoms with van der Waals surface area (Å²) in [5.74, 6) is 1.85. The van der Waals surface area contributed by atoms with Gasteiger partial charge in [-0.3, -0.25) is 4.79 Å². The first-order chi connectivity index (χ1) is 16.4. The number of aromatic nitrogens is 4. The molecule has 34 heavy (non-hydrogen) atoms. The number of hydrogen-bond acceptors (Lipinski definition) is 9. The molecule has 0 radical (unpaired) electrons. The highest BCUT2D eigenvalue weighted by molar-refractivity contribution is 5.95. The molecular weight excluding hydrogens is 440 g/mol. The van der Waals surface area contributed by atoms with Gasteiger partial charge in [-0.05, 0) is 26.0 Å². The molecule has 182 valence electrons. The molecule has 1 aliphatic rings. The molecule has 0 unspecified atom stereocenters. The van der Waals surface area contributed by atoms with E-state index in [2.05, 4.69) is 39.1 Å². The number of rotatable bonds is 8. The second-order valence-corrected chi connectivity index (χ2v) is 8.13. The molecule has 1 aliphatic heterocycles. The summed E-state index contributed by atoms with van der Waals surface area (Å²) in [4.78, 5) is 23.9. The van der Waals surface area contributed by atoms with E-state index in [1.165, 1.54) is 21.3 Å². The van der Waals surface area contributed by atoms with Gasteiger partial charge in [0.1, 0.15) is 12.1 Å². The SMILES string of the molecule is COc1cc(C(=O)NCCn2ncc3c(N4C[C@@H](C)O[C@@H](C)C4)ncnc32)cc(OC)c1OC. The van der Waals surface area contributed by atoms with Gasteiger partial charge in [-0.1, -0.05) is 0 Å². The zero-order valence-corrected chi connectivity index (χ0v) is 20.1. The van der Waals surface area contributed by atoms with Crippen molar-refractivity contribution in [1.82, 2.24) is 25.1 Å². The molecule has 11 heteroatoms. The highest BCUT2D eigenvalue weighted by Crippen LogP contribution is 2.38. The Morgan fingerprint density at radius 1 is 1.09 bits per heavy atom. The molecule has 2 aromatic heterocycles. The van der Waals surface area contributed by atoms with Crippen molar-refractivity contribution >= 4 is 22.8 Å². The van der Waals surface area contributed by atoms with Crippen molar-refractivity contribution in [3.63, 3.8) is 0 Å². The lowest BCUT2D eigenvalue weighted by atomic mass is 10.1. The maximum Gasteiger partial charge on any atom is 0.251 e. The first-order valence-corrected chi connectivity index (χ1v) is 11.1. The Balaban J connectivity index is 1.46. The van der Waals surface area contributed by atoms with Crippen LogP contribution in [0.25, 0.3) is 11.0 Å². The predicted molar refractivity (Wildman–Crippen MR) is 126 cm³/mol. The Labute approximate surface area is 198 Å². The van der Waals surface area contributed by atoms with E-state index in [1.807, 2.05) is 0 Å². The van der Waals surface area contributed by atoms with Crippen LogP contribution in [0.1, 0.15) is 24.2 Å². The fraction of sp³-hybridized carbons (Fsp3) is 0.478. The Morgan fingerprint density at radius 2 is 1.76 bits per heavy atom. The Bertz CT molecular complexity index is 1130. The van der Waals surface area contributed by atoms with Gasteiger partial charge in [-0.2, -0.15) is 5.10 Å². The fourth-order valence-electron chi connectivity index (χ4n) is 4.24. The average Bonchev–Trinajstić information content (AvgIpc) is 3.25. The van der Waals surface area contributed by atoms with Gasteiger partial charge >= 0.3 is 0 Å². The molecule has 1 amide bonds. The fourth-order valence-corrected chi connectivity index (χ4v) is 4.24. The monoisotopic (exact) mass is 470 g/mol. The number of morpholine rings is 1. The van der Waals surface area contributed by atoms with Gasteiger partial charge in [0.15, 0.2) is 17.1 Å². The molecule has 11 nitrogen and oxygen atoms in total. The first kappa shape index (κ1) is 23.6. The van der Waals surface area contributed by atoms with Crippen molar-refractivity contribution in [1.29, 1.82) is 0 Å². The lowest BCUT2D eigenvalue weighted by molar-refractivity contribution is -0.00537. The minimum absolute atomic E-state index is 0.120. The molecule has 3 heterocycles. The summed E-state index contributed by atoms with van der Waals surface area (Å²) in [5, 5.41) is 8.27. The molecule has 0 saturated carbocycles. The minimum Gasteiger partial charge on any atom is -0.493 e. The molecule has 1 N–H and O–H groups in total. The predicted octanol–water partition coefficient (Wildman–Crippen LogP) is 1.90. The van der Waals surface area contributed by atoms with E-state index >= 15 is 0 Å². The molecule has 4 rings (SSSR count). The lowest BCUT2D eigenvalue weighted by Crippen LogP contribution is -2.45. The van der Waals surface area contributed by atoms with Crippen LogP contribution in [0.15, 0.2) is 24.7 Å². The highest BCUT2D eigenvalue weighted by Gasteiger charge is 2.25. The maximum atomic E-state index is 12.8. The van der Waals surface area contributed by atoms with Gasteiger partial charge in [0.25, 0.3) is 5.91 Å². The Hall–Kier alpha value is -3.60. The third-order valence-electron chi connectivity index (χ3n) is 5.67. The zero-order chi connectivity index (χ0) is 24.2. The van der Waals surface area contributed by atoms with Crippen LogP contribution in [-0.4, -0.2) is 78.8 Å². The number of benzene rings is 1. The van der Waals surface area contributed by atoms with Crippen LogP contribution in [0.3, 0.4) is 0 Å². The van der Waals surface area contributed by atoms with Gasteiger partial charge in [-0.25, -0.2) is 14.6 Å². The second-order valence-electron chi connectivity index (χ2n) is 8.13. The average molecular weight is 471 g/mol. The van der Waals surface area contributed by atoms with E-state index in [9.17, 15) is 4.79 Å². The van der Waals surface area contributed by atoms with E-state index < -0.39 is 0 Å². The highest BCUT2D eigenvalue weighted by atomic mass is 16.5. The molecular formula is C23H30N6O5. The van der Waals surface area contributed by atoms with Crippen LogP contribution >= 0.6 is 0 Å². The Morgan fingerprint density at radius 3 is 2.38 bits per heavy atom. The summed E-state index contributed by atoms with van der Waals surface area (Å²) in [7, 11) is 4.54. The van der Waals surface area contributed by atoms with Crippen LogP contribution < -0.4 is 24.4 Å². The maximum absolute atomic E-state index is 12.8. The number of anilines is 1. The number of fused-ring (bicyclic) bond motifs is 1. The van der Waals surface area contributed by atoms with E-state index in [4.69, 9.17) is 18.9 Å². The number of carbonyl (C=O) groups is 1. The van der Waals surface area contributed by atoms with Crippen LogP contribution in [0.2, 0.25) is 0 Å². The summed E-state index contributed by atoms with van der Waals surface area (Å²) in [6, 6.07) is 3.23. The number of hydrogen-bond donors (Lipinski definition) is 1. The lowest BCUT2D eigenvalue weighted by Gasteiger charge is -2.36.